The molecule has 0 aromatic heterocycles. The third-order valence-corrected chi connectivity index (χ3v) is 5.02. The van der Waals surface area contributed by atoms with E-state index in [-0.39, 0.29) is 12.0 Å². The highest BCUT2D eigenvalue weighted by Gasteiger charge is 2.30. The van der Waals surface area contributed by atoms with Crippen molar-refractivity contribution in [1.29, 1.82) is 0 Å². The summed E-state index contributed by atoms with van der Waals surface area (Å²) in [5, 5.41) is 1.17. The molecule has 2 saturated heterocycles. The molecule has 3 rings (SSSR count). The van der Waals surface area contributed by atoms with Crippen LogP contribution in [0.25, 0.3) is 0 Å². The molecule has 2 aliphatic heterocycles. The van der Waals surface area contributed by atoms with E-state index in [2.05, 4.69) is 4.90 Å². The smallest absolute Gasteiger partial charge is 0.251 e. The van der Waals surface area contributed by atoms with Crippen LogP contribution in [0.1, 0.15) is 18.4 Å². The molecule has 0 unspecified atom stereocenters. The lowest BCUT2D eigenvalue weighted by Crippen LogP contribution is -2.51. The predicted molar refractivity (Wildman–Crippen MR) is 87.3 cm³/mol. The van der Waals surface area contributed by atoms with Gasteiger partial charge in [0, 0.05) is 39.3 Å². The van der Waals surface area contributed by atoms with Crippen molar-refractivity contribution in [3.05, 3.63) is 33.8 Å². The fraction of sp³-hybridized carbons (Fsp3) is 0.562. The second-order valence-corrected chi connectivity index (χ2v) is 6.67. The number of piperazine rings is 1. The molecule has 1 aromatic carbocycles. The number of benzene rings is 1. The van der Waals surface area contributed by atoms with Crippen molar-refractivity contribution in [3.8, 4) is 0 Å². The summed E-state index contributed by atoms with van der Waals surface area (Å²) < 4.78 is 5.48. The van der Waals surface area contributed by atoms with Gasteiger partial charge in [0.1, 0.15) is 6.10 Å². The van der Waals surface area contributed by atoms with Gasteiger partial charge in [0.15, 0.2) is 0 Å². The van der Waals surface area contributed by atoms with E-state index in [1.165, 1.54) is 0 Å². The van der Waals surface area contributed by atoms with E-state index in [0.717, 1.165) is 51.1 Å². The first-order valence-electron chi connectivity index (χ1n) is 7.70. The zero-order valence-electron chi connectivity index (χ0n) is 12.4. The number of ether oxygens (including phenoxy) is 1. The summed E-state index contributed by atoms with van der Waals surface area (Å²) in [6.07, 6.45) is 1.65. The highest BCUT2D eigenvalue weighted by Crippen LogP contribution is 2.23. The molecule has 0 bridgehead atoms. The Hall–Kier alpha value is -0.810. The molecular weight excluding hydrogens is 323 g/mol. The average molecular weight is 343 g/mol. The largest absolute Gasteiger partial charge is 0.368 e. The van der Waals surface area contributed by atoms with E-state index >= 15 is 0 Å². The van der Waals surface area contributed by atoms with E-state index < -0.39 is 0 Å². The summed E-state index contributed by atoms with van der Waals surface area (Å²) in [7, 11) is 0. The monoisotopic (exact) mass is 342 g/mol. The van der Waals surface area contributed by atoms with Gasteiger partial charge in [-0.1, -0.05) is 29.3 Å². The van der Waals surface area contributed by atoms with Gasteiger partial charge >= 0.3 is 0 Å². The number of nitrogens with zero attached hydrogens (tertiary/aromatic N) is 2. The number of amides is 1. The molecule has 1 atom stereocenters. The van der Waals surface area contributed by atoms with E-state index in [4.69, 9.17) is 27.9 Å². The minimum atomic E-state index is -0.207. The maximum absolute atomic E-state index is 12.3. The molecular formula is C16H20Cl2N2O2. The summed E-state index contributed by atoms with van der Waals surface area (Å²) in [4.78, 5) is 16.6. The van der Waals surface area contributed by atoms with Crippen molar-refractivity contribution in [2.45, 2.75) is 25.5 Å². The molecule has 22 heavy (non-hydrogen) atoms. The Balaban J connectivity index is 1.51. The summed E-state index contributed by atoms with van der Waals surface area (Å²) in [6.45, 7) is 4.82. The van der Waals surface area contributed by atoms with Crippen molar-refractivity contribution in [2.24, 2.45) is 0 Å². The first-order chi connectivity index (χ1) is 10.6. The molecule has 2 heterocycles. The van der Waals surface area contributed by atoms with Crippen LogP contribution < -0.4 is 0 Å². The Labute approximate surface area is 140 Å². The number of carbonyl (C=O) groups is 1. The minimum Gasteiger partial charge on any atom is -0.368 e. The molecule has 0 saturated carbocycles. The van der Waals surface area contributed by atoms with Crippen LogP contribution in [0.5, 0.6) is 0 Å². The molecule has 4 nitrogen and oxygen atoms in total. The SMILES string of the molecule is O=C([C@H]1CCCO1)N1CCN(Cc2ccc(Cl)c(Cl)c2)CC1. The molecule has 2 aliphatic rings. The van der Waals surface area contributed by atoms with Gasteiger partial charge in [0.2, 0.25) is 0 Å². The van der Waals surface area contributed by atoms with Crippen LogP contribution in [0, 0.1) is 0 Å². The zero-order chi connectivity index (χ0) is 15.5. The number of halogens is 2. The van der Waals surface area contributed by atoms with E-state index in [1.807, 2.05) is 23.1 Å². The second-order valence-electron chi connectivity index (χ2n) is 5.85. The van der Waals surface area contributed by atoms with E-state index in [0.29, 0.717) is 16.7 Å². The Morgan fingerprint density at radius 3 is 2.59 bits per heavy atom. The predicted octanol–water partition coefficient (Wildman–Crippen LogP) is 2.82. The number of hydrogen-bond acceptors (Lipinski definition) is 3. The van der Waals surface area contributed by atoms with Gasteiger partial charge in [-0.05, 0) is 30.5 Å². The number of rotatable bonds is 3. The van der Waals surface area contributed by atoms with Gasteiger partial charge in [0.05, 0.1) is 10.0 Å². The van der Waals surface area contributed by atoms with Crippen LogP contribution in [0.2, 0.25) is 10.0 Å². The van der Waals surface area contributed by atoms with Crippen molar-refractivity contribution in [3.63, 3.8) is 0 Å². The summed E-state index contributed by atoms with van der Waals surface area (Å²) >= 11 is 12.0. The molecule has 0 N–H and O–H groups in total. The highest BCUT2D eigenvalue weighted by atomic mass is 35.5. The van der Waals surface area contributed by atoms with Crippen LogP contribution in [0.4, 0.5) is 0 Å². The standard InChI is InChI=1S/C16H20Cl2N2O2/c17-13-4-3-12(10-14(13)18)11-19-5-7-20(8-6-19)16(21)15-2-1-9-22-15/h3-4,10,15H,1-2,5-9,11H2/t15-/m1/s1. The maximum Gasteiger partial charge on any atom is 0.251 e. The van der Waals surface area contributed by atoms with Crippen LogP contribution in [-0.4, -0.2) is 54.6 Å². The Morgan fingerprint density at radius 2 is 1.95 bits per heavy atom. The Bertz CT molecular complexity index is 539. The normalized spacial score (nSPS) is 23.0. The second kappa shape index (κ2) is 7.18. The zero-order valence-corrected chi connectivity index (χ0v) is 13.9. The third-order valence-electron chi connectivity index (χ3n) is 4.28. The molecule has 2 fully saturated rings. The van der Waals surface area contributed by atoms with Gasteiger partial charge < -0.3 is 9.64 Å². The number of carbonyl (C=O) groups excluding carboxylic acids is 1. The van der Waals surface area contributed by atoms with Crippen LogP contribution in [0.3, 0.4) is 0 Å². The van der Waals surface area contributed by atoms with Gasteiger partial charge in [0.25, 0.3) is 5.91 Å². The first kappa shape index (κ1) is 16.1. The molecule has 1 amide bonds. The fourth-order valence-corrected chi connectivity index (χ4v) is 3.32. The average Bonchev–Trinajstić information content (AvgIpc) is 3.05. The molecule has 0 radical (unpaired) electrons. The quantitative estimate of drug-likeness (QED) is 0.846. The number of hydrogen-bond donors (Lipinski definition) is 0. The van der Waals surface area contributed by atoms with Crippen LogP contribution in [-0.2, 0) is 16.1 Å². The van der Waals surface area contributed by atoms with E-state index in [9.17, 15) is 4.79 Å². The molecule has 1 aromatic rings. The Morgan fingerprint density at radius 1 is 1.18 bits per heavy atom. The van der Waals surface area contributed by atoms with Gasteiger partial charge in [-0.25, -0.2) is 0 Å². The van der Waals surface area contributed by atoms with Crippen LogP contribution in [0.15, 0.2) is 18.2 Å². The molecule has 0 spiro atoms. The van der Waals surface area contributed by atoms with Crippen molar-refractivity contribution < 1.29 is 9.53 Å². The summed E-state index contributed by atoms with van der Waals surface area (Å²) in [6, 6.07) is 5.74. The molecule has 0 aliphatic carbocycles. The Kier molecular flexibility index (Phi) is 5.24. The highest BCUT2D eigenvalue weighted by molar-refractivity contribution is 6.42. The van der Waals surface area contributed by atoms with Gasteiger partial charge in [-0.2, -0.15) is 0 Å². The van der Waals surface area contributed by atoms with Crippen LogP contribution >= 0.6 is 23.2 Å². The minimum absolute atomic E-state index is 0.159. The van der Waals surface area contributed by atoms with Crippen molar-refractivity contribution in [1.82, 2.24) is 9.80 Å². The van der Waals surface area contributed by atoms with Crippen molar-refractivity contribution >= 4 is 29.1 Å². The maximum atomic E-state index is 12.3. The summed E-state index contributed by atoms with van der Waals surface area (Å²) in [5.41, 5.74) is 1.15. The van der Waals surface area contributed by atoms with E-state index in [1.54, 1.807) is 0 Å². The lowest BCUT2D eigenvalue weighted by molar-refractivity contribution is -0.142. The molecule has 120 valence electrons. The lowest BCUT2D eigenvalue weighted by Gasteiger charge is -2.35. The molecule has 6 heteroatoms. The third kappa shape index (κ3) is 3.74. The van der Waals surface area contributed by atoms with Gasteiger partial charge in [-0.3, -0.25) is 9.69 Å². The van der Waals surface area contributed by atoms with Gasteiger partial charge in [-0.15, -0.1) is 0 Å². The lowest BCUT2D eigenvalue weighted by atomic mass is 10.1. The van der Waals surface area contributed by atoms with Crippen molar-refractivity contribution in [2.75, 3.05) is 32.8 Å². The first-order valence-corrected chi connectivity index (χ1v) is 8.46. The summed E-state index contributed by atoms with van der Waals surface area (Å²) in [5.74, 6) is 0.159. The fourth-order valence-electron chi connectivity index (χ4n) is 3.00. The topological polar surface area (TPSA) is 32.8 Å².